The lowest BCUT2D eigenvalue weighted by molar-refractivity contribution is -0.118. The van der Waals surface area contributed by atoms with Gasteiger partial charge in [0.05, 0.1) is 18.3 Å². The summed E-state index contributed by atoms with van der Waals surface area (Å²) in [4.78, 5) is 12.5. The molecule has 0 saturated heterocycles. The number of anilines is 1. The highest BCUT2D eigenvalue weighted by Gasteiger charge is 2.17. The van der Waals surface area contributed by atoms with Gasteiger partial charge >= 0.3 is 0 Å². The van der Waals surface area contributed by atoms with Crippen LogP contribution in [0.5, 0.6) is 5.75 Å². The molecule has 1 amide bonds. The van der Waals surface area contributed by atoms with Gasteiger partial charge < -0.3 is 10.1 Å². The number of halogens is 1. The second kappa shape index (κ2) is 8.85. The molecule has 4 nitrogen and oxygen atoms in total. The minimum absolute atomic E-state index is 0.0704. The van der Waals surface area contributed by atoms with Crippen LogP contribution in [0.1, 0.15) is 32.4 Å². The van der Waals surface area contributed by atoms with Gasteiger partial charge in [-0.15, -0.1) is 0 Å². The summed E-state index contributed by atoms with van der Waals surface area (Å²) < 4.78 is 6.58. The lowest BCUT2D eigenvalue weighted by atomic mass is 10.1. The summed E-state index contributed by atoms with van der Waals surface area (Å²) in [5.41, 5.74) is 1.82. The summed E-state index contributed by atoms with van der Waals surface area (Å²) in [5, 5.41) is 6.25. The van der Waals surface area contributed by atoms with Crippen molar-refractivity contribution in [2.24, 2.45) is 0 Å². The van der Waals surface area contributed by atoms with Gasteiger partial charge in [0.15, 0.2) is 0 Å². The first-order chi connectivity index (χ1) is 11.5. The first kappa shape index (κ1) is 18.5. The van der Waals surface area contributed by atoms with Crippen LogP contribution >= 0.6 is 15.9 Å². The first-order valence-electron chi connectivity index (χ1n) is 8.05. The van der Waals surface area contributed by atoms with E-state index in [1.807, 2.05) is 69.3 Å². The number of rotatable bonds is 7. The number of hydrogen-bond donors (Lipinski definition) is 2. The van der Waals surface area contributed by atoms with E-state index in [9.17, 15) is 4.79 Å². The Kier molecular flexibility index (Phi) is 6.82. The van der Waals surface area contributed by atoms with Crippen LogP contribution in [-0.2, 0) is 4.79 Å². The molecule has 0 bridgehead atoms. The molecule has 0 aliphatic carbocycles. The smallest absolute Gasteiger partial charge is 0.241 e. The SMILES string of the molecule is CCOc1ccccc1NC(=O)[C@@H](C)N[C@@H](C)c1ccc(Br)cc1. The molecule has 0 saturated carbocycles. The van der Waals surface area contributed by atoms with Crippen molar-refractivity contribution in [2.75, 3.05) is 11.9 Å². The van der Waals surface area contributed by atoms with Crippen LogP contribution in [0.3, 0.4) is 0 Å². The standard InChI is InChI=1S/C19H23BrN2O2/c1-4-24-18-8-6-5-7-17(18)22-19(23)14(3)21-13(2)15-9-11-16(20)12-10-15/h5-14,21H,4H2,1-3H3,(H,22,23)/t13-,14+/m0/s1. The lowest BCUT2D eigenvalue weighted by Gasteiger charge is -2.20. The van der Waals surface area contributed by atoms with E-state index in [4.69, 9.17) is 4.74 Å². The van der Waals surface area contributed by atoms with Crippen molar-refractivity contribution in [3.05, 3.63) is 58.6 Å². The van der Waals surface area contributed by atoms with Gasteiger partial charge in [-0.3, -0.25) is 10.1 Å². The predicted octanol–water partition coefficient (Wildman–Crippen LogP) is 4.53. The van der Waals surface area contributed by atoms with Gasteiger partial charge in [0.1, 0.15) is 5.75 Å². The van der Waals surface area contributed by atoms with Gasteiger partial charge in [-0.1, -0.05) is 40.2 Å². The summed E-state index contributed by atoms with van der Waals surface area (Å²) in [6, 6.07) is 15.3. The average Bonchev–Trinajstić information content (AvgIpc) is 2.57. The summed E-state index contributed by atoms with van der Waals surface area (Å²) in [7, 11) is 0. The van der Waals surface area contributed by atoms with E-state index in [1.165, 1.54) is 0 Å². The van der Waals surface area contributed by atoms with Crippen molar-refractivity contribution in [3.63, 3.8) is 0 Å². The van der Waals surface area contributed by atoms with Crippen molar-refractivity contribution in [2.45, 2.75) is 32.9 Å². The van der Waals surface area contributed by atoms with Crippen LogP contribution < -0.4 is 15.4 Å². The highest BCUT2D eigenvalue weighted by Crippen LogP contribution is 2.24. The second-order valence-electron chi connectivity index (χ2n) is 5.58. The molecule has 2 atom stereocenters. The molecule has 0 aromatic heterocycles. The van der Waals surface area contributed by atoms with E-state index in [0.717, 1.165) is 10.0 Å². The van der Waals surface area contributed by atoms with Crippen molar-refractivity contribution >= 4 is 27.5 Å². The number of benzene rings is 2. The van der Waals surface area contributed by atoms with Crippen LogP contribution in [0.4, 0.5) is 5.69 Å². The van der Waals surface area contributed by atoms with E-state index < -0.39 is 0 Å². The molecule has 5 heteroatoms. The third-order valence-corrected chi connectivity index (χ3v) is 4.24. The number of nitrogens with one attached hydrogen (secondary N) is 2. The first-order valence-corrected chi connectivity index (χ1v) is 8.84. The fourth-order valence-corrected chi connectivity index (χ4v) is 2.65. The number of hydrogen-bond acceptors (Lipinski definition) is 3. The van der Waals surface area contributed by atoms with E-state index in [-0.39, 0.29) is 18.0 Å². The fourth-order valence-electron chi connectivity index (χ4n) is 2.39. The van der Waals surface area contributed by atoms with Gasteiger partial charge in [-0.05, 0) is 50.6 Å². The molecular weight excluding hydrogens is 368 g/mol. The summed E-state index contributed by atoms with van der Waals surface area (Å²) in [6.45, 7) is 6.37. The molecule has 0 fully saturated rings. The zero-order valence-corrected chi connectivity index (χ0v) is 15.8. The number of carbonyl (C=O) groups is 1. The van der Waals surface area contributed by atoms with Crippen LogP contribution in [0.15, 0.2) is 53.0 Å². The van der Waals surface area contributed by atoms with Crippen LogP contribution in [-0.4, -0.2) is 18.6 Å². The minimum atomic E-state index is -0.335. The number of ether oxygens (including phenoxy) is 1. The van der Waals surface area contributed by atoms with E-state index in [0.29, 0.717) is 18.0 Å². The summed E-state index contributed by atoms with van der Waals surface area (Å²) >= 11 is 3.43. The normalized spacial score (nSPS) is 13.2. The lowest BCUT2D eigenvalue weighted by Crippen LogP contribution is -2.39. The molecule has 0 radical (unpaired) electrons. The van der Waals surface area contributed by atoms with Gasteiger partial charge in [0.25, 0.3) is 0 Å². The summed E-state index contributed by atoms with van der Waals surface area (Å²) in [5.74, 6) is 0.590. The van der Waals surface area contributed by atoms with Crippen LogP contribution in [0, 0.1) is 0 Å². The Morgan fingerprint density at radius 3 is 2.46 bits per heavy atom. The Hall–Kier alpha value is -1.85. The number of amides is 1. The van der Waals surface area contributed by atoms with Crippen molar-refractivity contribution < 1.29 is 9.53 Å². The highest BCUT2D eigenvalue weighted by molar-refractivity contribution is 9.10. The molecule has 24 heavy (non-hydrogen) atoms. The van der Waals surface area contributed by atoms with Crippen molar-refractivity contribution in [1.29, 1.82) is 0 Å². The third-order valence-electron chi connectivity index (χ3n) is 3.71. The third kappa shape index (κ3) is 5.08. The van der Waals surface area contributed by atoms with Gasteiger partial charge in [0.2, 0.25) is 5.91 Å². The maximum absolute atomic E-state index is 12.5. The number of carbonyl (C=O) groups excluding carboxylic acids is 1. The minimum Gasteiger partial charge on any atom is -0.492 e. The Morgan fingerprint density at radius 2 is 1.79 bits per heavy atom. The second-order valence-corrected chi connectivity index (χ2v) is 6.50. The Morgan fingerprint density at radius 1 is 1.12 bits per heavy atom. The fraction of sp³-hybridized carbons (Fsp3) is 0.316. The quantitative estimate of drug-likeness (QED) is 0.730. The van der Waals surface area contributed by atoms with Gasteiger partial charge in [-0.25, -0.2) is 0 Å². The zero-order chi connectivity index (χ0) is 17.5. The molecule has 0 aliphatic rings. The largest absolute Gasteiger partial charge is 0.492 e. The average molecular weight is 391 g/mol. The molecular formula is C19H23BrN2O2. The molecule has 0 unspecified atom stereocenters. The van der Waals surface area contributed by atoms with Crippen molar-refractivity contribution in [3.8, 4) is 5.75 Å². The van der Waals surface area contributed by atoms with Crippen molar-refractivity contribution in [1.82, 2.24) is 5.32 Å². The Labute approximate surface area is 151 Å². The monoisotopic (exact) mass is 390 g/mol. The van der Waals surface area contributed by atoms with E-state index >= 15 is 0 Å². The maximum atomic E-state index is 12.5. The molecule has 0 heterocycles. The molecule has 0 aliphatic heterocycles. The zero-order valence-electron chi connectivity index (χ0n) is 14.2. The predicted molar refractivity (Wildman–Crippen MR) is 101 cm³/mol. The molecule has 0 spiro atoms. The maximum Gasteiger partial charge on any atom is 0.241 e. The highest BCUT2D eigenvalue weighted by atomic mass is 79.9. The molecule has 128 valence electrons. The summed E-state index contributed by atoms with van der Waals surface area (Å²) in [6.07, 6.45) is 0. The Balaban J connectivity index is 1.98. The molecule has 2 N–H and O–H groups in total. The molecule has 2 rings (SSSR count). The Bertz CT molecular complexity index is 673. The number of para-hydroxylation sites is 2. The molecule has 2 aromatic carbocycles. The van der Waals surface area contributed by atoms with E-state index in [1.54, 1.807) is 0 Å². The van der Waals surface area contributed by atoms with Crippen LogP contribution in [0.2, 0.25) is 0 Å². The van der Waals surface area contributed by atoms with Gasteiger partial charge in [-0.2, -0.15) is 0 Å². The topological polar surface area (TPSA) is 50.4 Å². The van der Waals surface area contributed by atoms with Gasteiger partial charge in [0, 0.05) is 10.5 Å². The molecule has 2 aromatic rings. The van der Waals surface area contributed by atoms with E-state index in [2.05, 4.69) is 26.6 Å². The van der Waals surface area contributed by atoms with Crippen LogP contribution in [0.25, 0.3) is 0 Å².